The molecule has 3 heterocycles. The van der Waals surface area contributed by atoms with Gasteiger partial charge in [-0.25, -0.2) is 4.52 Å². The second kappa shape index (κ2) is 13.5. The molecule has 0 unspecified atom stereocenters. The van der Waals surface area contributed by atoms with Gasteiger partial charge in [-0.05, 0) is 62.6 Å². The Morgan fingerprint density at radius 2 is 1.67 bits per heavy atom. The van der Waals surface area contributed by atoms with E-state index in [9.17, 15) is 0 Å². The first-order valence-electron chi connectivity index (χ1n) is 11.0. The Balaban J connectivity index is 0.000000380. The van der Waals surface area contributed by atoms with Crippen molar-refractivity contribution in [1.29, 1.82) is 0 Å². The van der Waals surface area contributed by atoms with E-state index in [2.05, 4.69) is 56.1 Å². The minimum Gasteiger partial charge on any atom is -0.258 e. The molecule has 3 aromatic heterocycles. The molecule has 0 saturated heterocycles. The first kappa shape index (κ1) is 25.4. The first-order chi connectivity index (χ1) is 14.4. The van der Waals surface area contributed by atoms with Crippen molar-refractivity contribution in [2.24, 2.45) is 0 Å². The average Bonchev–Trinajstić information content (AvgIpc) is 3.09. The highest BCUT2D eigenvalue weighted by Crippen LogP contribution is 2.25. The Kier molecular flexibility index (Phi) is 11.4. The minimum atomic E-state index is 0.998. The molecule has 30 heavy (non-hydrogen) atoms. The number of aromatic nitrogens is 3. The SMILES string of the molecule is C=C(c1ccn2ncc(C)c2c1)c1ccc(C)nc1C.C=CC.CCCCCCC. The fourth-order valence-electron chi connectivity index (χ4n) is 3.13. The molecule has 3 rings (SSSR count). The molecule has 0 saturated carbocycles. The molecule has 0 radical (unpaired) electrons. The predicted molar refractivity (Wildman–Crippen MR) is 132 cm³/mol. The van der Waals surface area contributed by atoms with E-state index in [0.717, 1.165) is 33.6 Å². The third kappa shape index (κ3) is 7.62. The van der Waals surface area contributed by atoms with Crippen LogP contribution < -0.4 is 0 Å². The smallest absolute Gasteiger partial charge is 0.0696 e. The maximum Gasteiger partial charge on any atom is 0.0696 e. The number of hydrogen-bond acceptors (Lipinski definition) is 2. The van der Waals surface area contributed by atoms with E-state index in [1.165, 1.54) is 37.7 Å². The number of unbranched alkanes of at least 4 members (excludes halogenated alkanes) is 4. The third-order valence-corrected chi connectivity index (χ3v) is 4.82. The summed E-state index contributed by atoms with van der Waals surface area (Å²) in [7, 11) is 0. The Bertz CT molecular complexity index is 930. The quantitative estimate of drug-likeness (QED) is 0.308. The van der Waals surface area contributed by atoms with Crippen molar-refractivity contribution in [3.63, 3.8) is 0 Å². The number of pyridine rings is 2. The average molecular weight is 406 g/mol. The number of hydrogen-bond donors (Lipinski definition) is 0. The molecule has 0 atom stereocenters. The van der Waals surface area contributed by atoms with Gasteiger partial charge in [0.15, 0.2) is 0 Å². The van der Waals surface area contributed by atoms with Gasteiger partial charge in [0, 0.05) is 23.1 Å². The molecule has 0 aliphatic carbocycles. The summed E-state index contributed by atoms with van der Waals surface area (Å²) in [6, 6.07) is 8.29. The molecular formula is C27H39N3. The highest BCUT2D eigenvalue weighted by molar-refractivity contribution is 5.81. The molecule has 0 N–H and O–H groups in total. The minimum absolute atomic E-state index is 0.998. The normalized spacial score (nSPS) is 9.93. The van der Waals surface area contributed by atoms with Crippen LogP contribution in [0.25, 0.3) is 11.1 Å². The topological polar surface area (TPSA) is 30.2 Å². The molecule has 0 aromatic carbocycles. The Labute approximate surface area is 183 Å². The highest BCUT2D eigenvalue weighted by Gasteiger charge is 2.09. The van der Waals surface area contributed by atoms with E-state index in [-0.39, 0.29) is 0 Å². The van der Waals surface area contributed by atoms with Crippen molar-refractivity contribution in [2.45, 2.75) is 73.6 Å². The van der Waals surface area contributed by atoms with E-state index >= 15 is 0 Å². The van der Waals surface area contributed by atoms with Gasteiger partial charge in [0.1, 0.15) is 0 Å². The number of nitrogens with zero attached hydrogens (tertiary/aromatic N) is 3. The van der Waals surface area contributed by atoms with E-state index in [0.29, 0.717) is 0 Å². The van der Waals surface area contributed by atoms with Gasteiger partial charge in [0.2, 0.25) is 0 Å². The van der Waals surface area contributed by atoms with Crippen LogP contribution in [-0.4, -0.2) is 14.6 Å². The van der Waals surface area contributed by atoms with Gasteiger partial charge in [0.05, 0.1) is 11.7 Å². The molecule has 3 aromatic rings. The maximum absolute atomic E-state index is 4.51. The van der Waals surface area contributed by atoms with E-state index in [1.54, 1.807) is 6.08 Å². The number of allylic oxidation sites excluding steroid dienone is 1. The monoisotopic (exact) mass is 405 g/mol. The fourth-order valence-corrected chi connectivity index (χ4v) is 3.13. The zero-order valence-corrected chi connectivity index (χ0v) is 19.8. The lowest BCUT2D eigenvalue weighted by Crippen LogP contribution is -1.96. The predicted octanol–water partition coefficient (Wildman–Crippen LogP) is 7.89. The van der Waals surface area contributed by atoms with Crippen molar-refractivity contribution in [1.82, 2.24) is 14.6 Å². The standard InChI is InChI=1S/C17H17N3.C7H16.C3H6/c1-11-10-18-20-8-7-15(9-17(11)20)13(3)16-6-5-12(2)19-14(16)4;1-3-5-7-6-4-2;1-3-2/h5-10H,3H2,1-2,4H3;3-7H2,1-2H3;3H,1H2,2H3. The lowest BCUT2D eigenvalue weighted by molar-refractivity contribution is 0.656. The summed E-state index contributed by atoms with van der Waals surface area (Å²) in [4.78, 5) is 4.51. The number of aryl methyl sites for hydroxylation is 3. The third-order valence-electron chi connectivity index (χ3n) is 4.82. The van der Waals surface area contributed by atoms with Crippen molar-refractivity contribution in [3.05, 3.63) is 84.0 Å². The van der Waals surface area contributed by atoms with Crippen LogP contribution in [0.15, 0.2) is 55.9 Å². The molecule has 0 spiro atoms. The first-order valence-corrected chi connectivity index (χ1v) is 11.0. The molecule has 0 aliphatic rings. The zero-order chi connectivity index (χ0) is 22.5. The summed E-state index contributed by atoms with van der Waals surface area (Å²) >= 11 is 0. The Morgan fingerprint density at radius 3 is 2.23 bits per heavy atom. The summed E-state index contributed by atoms with van der Waals surface area (Å²) in [6.07, 6.45) is 12.6. The molecular weight excluding hydrogens is 366 g/mol. The number of fused-ring (bicyclic) bond motifs is 1. The van der Waals surface area contributed by atoms with Crippen LogP contribution in [0.5, 0.6) is 0 Å². The lowest BCUT2D eigenvalue weighted by atomic mass is 9.98. The van der Waals surface area contributed by atoms with Crippen LogP contribution in [-0.2, 0) is 0 Å². The second-order valence-corrected chi connectivity index (χ2v) is 7.61. The van der Waals surface area contributed by atoms with Gasteiger partial charge in [-0.3, -0.25) is 4.98 Å². The second-order valence-electron chi connectivity index (χ2n) is 7.61. The van der Waals surface area contributed by atoms with Gasteiger partial charge in [-0.2, -0.15) is 5.10 Å². The van der Waals surface area contributed by atoms with Crippen LogP contribution >= 0.6 is 0 Å². The van der Waals surface area contributed by atoms with E-state index in [1.807, 2.05) is 49.8 Å². The molecule has 0 amide bonds. The van der Waals surface area contributed by atoms with Crippen LogP contribution in [0.1, 0.15) is 81.0 Å². The van der Waals surface area contributed by atoms with Crippen molar-refractivity contribution in [3.8, 4) is 0 Å². The van der Waals surface area contributed by atoms with Crippen LogP contribution in [0, 0.1) is 20.8 Å². The van der Waals surface area contributed by atoms with Crippen LogP contribution in [0.4, 0.5) is 0 Å². The van der Waals surface area contributed by atoms with Crippen molar-refractivity contribution >= 4 is 11.1 Å². The molecule has 0 fully saturated rings. The van der Waals surface area contributed by atoms with Crippen molar-refractivity contribution < 1.29 is 0 Å². The van der Waals surface area contributed by atoms with Gasteiger partial charge in [-0.15, -0.1) is 6.58 Å². The Morgan fingerprint density at radius 1 is 1.03 bits per heavy atom. The summed E-state index contributed by atoms with van der Waals surface area (Å²) in [5, 5.41) is 4.30. The van der Waals surface area contributed by atoms with E-state index in [4.69, 9.17) is 0 Å². The van der Waals surface area contributed by atoms with Gasteiger partial charge < -0.3 is 0 Å². The van der Waals surface area contributed by atoms with Crippen LogP contribution in [0.3, 0.4) is 0 Å². The van der Waals surface area contributed by atoms with Crippen molar-refractivity contribution in [2.75, 3.05) is 0 Å². The Hall–Kier alpha value is -2.68. The molecule has 0 bridgehead atoms. The summed E-state index contributed by atoms with van der Waals surface area (Å²) < 4.78 is 1.88. The van der Waals surface area contributed by atoms with Crippen LogP contribution in [0.2, 0.25) is 0 Å². The zero-order valence-electron chi connectivity index (χ0n) is 19.8. The molecule has 3 nitrogen and oxygen atoms in total. The molecule has 3 heteroatoms. The summed E-state index contributed by atoms with van der Waals surface area (Å²) in [5.74, 6) is 0. The summed E-state index contributed by atoms with van der Waals surface area (Å²) in [5.41, 5.74) is 7.52. The number of rotatable bonds is 6. The molecule has 162 valence electrons. The summed E-state index contributed by atoms with van der Waals surface area (Å²) in [6.45, 7) is 20.1. The molecule has 0 aliphatic heterocycles. The van der Waals surface area contributed by atoms with Gasteiger partial charge in [0.25, 0.3) is 0 Å². The fraction of sp³-hybridized carbons (Fsp3) is 0.407. The van der Waals surface area contributed by atoms with Gasteiger partial charge in [-0.1, -0.05) is 64.7 Å². The maximum atomic E-state index is 4.51. The lowest BCUT2D eigenvalue weighted by Gasteiger charge is -2.10. The van der Waals surface area contributed by atoms with E-state index < -0.39 is 0 Å². The highest BCUT2D eigenvalue weighted by atomic mass is 15.2. The van der Waals surface area contributed by atoms with Gasteiger partial charge >= 0.3 is 0 Å². The largest absolute Gasteiger partial charge is 0.258 e.